The Bertz CT molecular complexity index is 895. The number of halogens is 18. The number of benzene rings is 1. The van der Waals surface area contributed by atoms with Crippen molar-refractivity contribution in [2.75, 3.05) is 0 Å². The normalized spacial score (nSPS) is 15.9. The van der Waals surface area contributed by atoms with Gasteiger partial charge in [-0.3, -0.25) is 0 Å². The van der Waals surface area contributed by atoms with E-state index < -0.39 is 39.2 Å². The average Bonchev–Trinajstić information content (AvgIpc) is 2.64. The summed E-state index contributed by atoms with van der Waals surface area (Å²) in [5.41, 5.74) is -3.21. The molecule has 0 aliphatic heterocycles. The molecule has 1 aromatic rings. The highest BCUT2D eigenvalue weighted by Gasteiger charge is 2.71. The first-order chi connectivity index (χ1) is 15.3. The van der Waals surface area contributed by atoms with Gasteiger partial charge in [-0.1, -0.05) is 227 Å². The molecule has 0 aromatic heterocycles. The maximum atomic E-state index is 13.5. The van der Waals surface area contributed by atoms with Gasteiger partial charge in [-0.15, -0.1) is 0 Å². The lowest BCUT2D eigenvalue weighted by Gasteiger charge is -2.47. The minimum Gasteiger partial charge on any atom is -0.225 e. The van der Waals surface area contributed by atoms with Crippen LogP contribution in [-0.2, 0) is 19.4 Å². The number of hydrogen-bond acceptors (Lipinski definition) is 0. The Morgan fingerprint density at radius 1 is 0.472 bits per heavy atom. The van der Waals surface area contributed by atoms with Crippen molar-refractivity contribution >= 4 is 209 Å². The monoisotopic (exact) mass is 859 g/mol. The van der Waals surface area contributed by atoms with Gasteiger partial charge in [0, 0.05) is 0 Å². The van der Waals surface area contributed by atoms with E-state index in [1.54, 1.807) is 0 Å². The molecule has 0 unspecified atom stereocenters. The molecular weight excluding hydrogens is 858 g/mol. The standard InChI is InChI=1S/C17H9Cl18O/c1-9(2,36)8-6(10(18,19)12(22,23)14(26,27)16(30,31)32)4-3-5-7(8)11(20,21)13(24,25)15(28,29)17(33,34)35/h3-5H,1-2H3. The van der Waals surface area contributed by atoms with Crippen LogP contribution >= 0.6 is 209 Å². The molecule has 0 N–H and O–H groups in total. The van der Waals surface area contributed by atoms with Crippen LogP contribution in [0.25, 0.3) is 0 Å². The van der Waals surface area contributed by atoms with E-state index in [0.717, 1.165) is 0 Å². The largest absolute Gasteiger partial charge is 0.226 e. The predicted octanol–water partition coefficient (Wildman–Crippen LogP) is 13.0. The summed E-state index contributed by atoms with van der Waals surface area (Å²) in [5.74, 6) is 0. The van der Waals surface area contributed by atoms with Crippen LogP contribution in [0.3, 0.4) is 0 Å². The summed E-state index contributed by atoms with van der Waals surface area (Å²) in [6.45, 7) is 2.34. The van der Waals surface area contributed by atoms with Crippen LogP contribution in [0.2, 0.25) is 0 Å². The van der Waals surface area contributed by atoms with Crippen LogP contribution in [0.15, 0.2) is 18.2 Å². The minimum absolute atomic E-state index is 0.341. The Hall–Kier alpha value is 4.40. The van der Waals surface area contributed by atoms with Crippen molar-refractivity contribution in [3.8, 4) is 0 Å². The van der Waals surface area contributed by atoms with Crippen molar-refractivity contribution in [3.05, 3.63) is 34.9 Å². The van der Waals surface area contributed by atoms with Crippen LogP contribution in [0.4, 0.5) is 0 Å². The Balaban J connectivity index is 4.15. The van der Waals surface area contributed by atoms with Gasteiger partial charge in [0.25, 0.3) is 0 Å². The Morgan fingerprint density at radius 2 is 0.722 bits per heavy atom. The molecule has 0 spiro atoms. The highest BCUT2D eigenvalue weighted by atomic mass is 35.6. The number of hydrogen-bond donors (Lipinski definition) is 0. The summed E-state index contributed by atoms with van der Waals surface area (Å²) in [6.07, 6.45) is 0. The van der Waals surface area contributed by atoms with E-state index in [-0.39, 0.29) is 16.7 Å². The Morgan fingerprint density at radius 3 is 0.917 bits per heavy atom. The van der Waals surface area contributed by atoms with Crippen LogP contribution < -0.4 is 0 Å². The third-order valence-electron chi connectivity index (χ3n) is 4.63. The summed E-state index contributed by atoms with van der Waals surface area (Å²) in [5, 5.41) is 13.5. The third kappa shape index (κ3) is 6.57. The highest BCUT2D eigenvalue weighted by molar-refractivity contribution is 6.81. The van der Waals surface area contributed by atoms with E-state index in [4.69, 9.17) is 209 Å². The fourth-order valence-electron chi connectivity index (χ4n) is 2.81. The van der Waals surface area contributed by atoms with E-state index in [1.807, 2.05) is 0 Å². The quantitative estimate of drug-likeness (QED) is 0.243. The van der Waals surface area contributed by atoms with E-state index in [0.29, 0.717) is 0 Å². The third-order valence-corrected chi connectivity index (χ3v) is 15.5. The Labute approximate surface area is 298 Å². The molecule has 0 amide bonds. The minimum atomic E-state index is -2.74. The van der Waals surface area contributed by atoms with Crippen molar-refractivity contribution in [2.45, 2.75) is 53.0 Å². The fraction of sp³-hybridized carbons (Fsp3) is 0.647. The lowest BCUT2D eigenvalue weighted by Crippen LogP contribution is -2.56. The lowest BCUT2D eigenvalue weighted by molar-refractivity contribution is -0.00210. The van der Waals surface area contributed by atoms with Gasteiger partial charge in [0.2, 0.25) is 16.3 Å². The maximum absolute atomic E-state index is 13.5. The van der Waals surface area contributed by atoms with E-state index in [1.165, 1.54) is 32.0 Å². The van der Waals surface area contributed by atoms with Gasteiger partial charge in [-0.05, 0) is 30.5 Å². The zero-order chi connectivity index (χ0) is 29.4. The molecule has 0 atom stereocenters. The first kappa shape index (κ1) is 38.4. The van der Waals surface area contributed by atoms with Gasteiger partial charge < -0.3 is 0 Å². The molecule has 19 heteroatoms. The molecule has 0 heterocycles. The molecule has 36 heavy (non-hydrogen) atoms. The smallest absolute Gasteiger partial charge is 0.225 e. The first-order valence-corrected chi connectivity index (χ1v) is 15.4. The van der Waals surface area contributed by atoms with Crippen molar-refractivity contribution in [1.29, 1.82) is 0 Å². The molecule has 209 valence electrons. The van der Waals surface area contributed by atoms with Gasteiger partial charge >= 0.3 is 0 Å². The lowest BCUT2D eigenvalue weighted by atomic mass is 9.83. The first-order valence-electron chi connectivity index (χ1n) is 8.60. The van der Waals surface area contributed by atoms with E-state index >= 15 is 0 Å². The molecule has 0 saturated heterocycles. The molecular formula is C17H9Cl18O. The van der Waals surface area contributed by atoms with Crippen LogP contribution in [0.5, 0.6) is 0 Å². The molecule has 0 saturated carbocycles. The van der Waals surface area contributed by atoms with E-state index in [9.17, 15) is 5.11 Å². The van der Waals surface area contributed by atoms with E-state index in [2.05, 4.69) is 0 Å². The zero-order valence-corrected chi connectivity index (χ0v) is 30.6. The molecule has 1 rings (SSSR count). The Kier molecular flexibility index (Phi) is 12.5. The summed E-state index contributed by atoms with van der Waals surface area (Å²) in [6, 6.07) is 3.71. The SMILES string of the molecule is CC(C)([O])c1c(C(Cl)(Cl)C(Cl)(Cl)C(Cl)(Cl)C(Cl)(Cl)Cl)cccc1C(Cl)(Cl)C(Cl)(Cl)C(Cl)(Cl)C(Cl)(Cl)Cl. The molecule has 0 aliphatic rings. The number of rotatable bonds is 7. The summed E-state index contributed by atoms with van der Waals surface area (Å²) in [7, 11) is 0. The second kappa shape index (κ2) is 11.7. The highest BCUT2D eigenvalue weighted by Crippen LogP contribution is 2.68. The molecule has 1 radical (unpaired) electrons. The summed E-state index contributed by atoms with van der Waals surface area (Å²) in [4.78, 5) is 0. The summed E-state index contributed by atoms with van der Waals surface area (Å²) < 4.78 is -21.2. The van der Waals surface area contributed by atoms with Crippen LogP contribution in [0, 0.1) is 0 Å². The van der Waals surface area contributed by atoms with Crippen molar-refractivity contribution in [2.24, 2.45) is 0 Å². The van der Waals surface area contributed by atoms with Gasteiger partial charge in [0.1, 0.15) is 5.60 Å². The van der Waals surface area contributed by atoms with Crippen LogP contribution in [-0.4, -0.2) is 24.9 Å². The average molecular weight is 867 g/mol. The molecule has 0 aliphatic carbocycles. The second-order valence-corrected chi connectivity index (χ2v) is 20.2. The zero-order valence-electron chi connectivity index (χ0n) is 16.9. The molecule has 0 fully saturated rings. The van der Waals surface area contributed by atoms with Crippen molar-refractivity contribution < 1.29 is 5.11 Å². The van der Waals surface area contributed by atoms with Crippen molar-refractivity contribution in [1.82, 2.24) is 0 Å². The number of alkyl halides is 18. The van der Waals surface area contributed by atoms with Gasteiger partial charge in [0.15, 0.2) is 17.3 Å². The van der Waals surface area contributed by atoms with Gasteiger partial charge in [-0.25, -0.2) is 5.11 Å². The molecule has 0 bridgehead atoms. The van der Waals surface area contributed by atoms with Gasteiger partial charge in [-0.2, -0.15) is 0 Å². The fourth-order valence-corrected chi connectivity index (χ4v) is 7.37. The predicted molar refractivity (Wildman–Crippen MR) is 165 cm³/mol. The summed E-state index contributed by atoms with van der Waals surface area (Å²) >= 11 is 112. The molecule has 1 aromatic carbocycles. The second-order valence-electron chi connectivity index (χ2n) is 7.68. The van der Waals surface area contributed by atoms with Crippen LogP contribution in [0.1, 0.15) is 30.5 Å². The van der Waals surface area contributed by atoms with Crippen molar-refractivity contribution in [3.63, 3.8) is 0 Å². The maximum Gasteiger partial charge on any atom is 0.226 e. The molecule has 1 nitrogen and oxygen atoms in total. The topological polar surface area (TPSA) is 19.9 Å². The van der Waals surface area contributed by atoms with Gasteiger partial charge in [0.05, 0.1) is 0 Å².